The third-order valence-corrected chi connectivity index (χ3v) is 1.99. The van der Waals surface area contributed by atoms with E-state index < -0.39 is 0 Å². The minimum Gasteiger partial charge on any atom is -0.508 e. The summed E-state index contributed by atoms with van der Waals surface area (Å²) in [7, 11) is 0. The van der Waals surface area contributed by atoms with E-state index in [1.165, 1.54) is 5.56 Å². The van der Waals surface area contributed by atoms with Crippen LogP contribution in [0.2, 0.25) is 0 Å². The van der Waals surface area contributed by atoms with E-state index in [9.17, 15) is 5.11 Å². The van der Waals surface area contributed by atoms with Crippen LogP contribution in [0, 0.1) is 6.54 Å². The normalized spacial score (nSPS) is 16.0. The van der Waals surface area contributed by atoms with E-state index in [-0.39, 0.29) is 0 Å². The lowest BCUT2D eigenvalue weighted by atomic mass is 10.0. The fourth-order valence-electron chi connectivity index (χ4n) is 1.37. The fourth-order valence-corrected chi connectivity index (χ4v) is 1.37. The molecule has 0 amide bonds. The molecule has 0 saturated heterocycles. The average Bonchev–Trinajstić information content (AvgIpc) is 2.06. The van der Waals surface area contributed by atoms with Crippen molar-refractivity contribution in [2.45, 2.75) is 13.0 Å². The Labute approximate surface area is 65.9 Å². The lowest BCUT2D eigenvalue weighted by Gasteiger charge is -2.16. The third-order valence-electron chi connectivity index (χ3n) is 1.99. The predicted octanol–water partition coefficient (Wildman–Crippen LogP) is 1.20. The number of hydrogen-bond donors (Lipinski definition) is 2. The van der Waals surface area contributed by atoms with Gasteiger partial charge in [0, 0.05) is 18.7 Å². The molecule has 2 nitrogen and oxygen atoms in total. The highest BCUT2D eigenvalue weighted by atomic mass is 16.3. The molecular formula is C9H10NO. The smallest absolute Gasteiger partial charge is 0.120 e. The Kier molecular flexibility index (Phi) is 1.55. The zero-order valence-corrected chi connectivity index (χ0v) is 6.17. The summed E-state index contributed by atoms with van der Waals surface area (Å²) >= 11 is 0. The van der Waals surface area contributed by atoms with Crippen molar-refractivity contribution in [3.63, 3.8) is 0 Å². The molecule has 1 radical (unpaired) electrons. The number of phenols is 1. The lowest BCUT2D eigenvalue weighted by Crippen LogP contribution is -2.18. The predicted molar refractivity (Wildman–Crippen MR) is 43.0 cm³/mol. The first-order valence-corrected chi connectivity index (χ1v) is 3.73. The van der Waals surface area contributed by atoms with E-state index in [0.29, 0.717) is 5.75 Å². The number of aromatic hydroxyl groups is 1. The first-order chi connectivity index (χ1) is 5.38. The van der Waals surface area contributed by atoms with Gasteiger partial charge in [-0.1, -0.05) is 12.1 Å². The van der Waals surface area contributed by atoms with Crippen molar-refractivity contribution < 1.29 is 5.11 Å². The van der Waals surface area contributed by atoms with Crippen molar-refractivity contribution in [2.24, 2.45) is 0 Å². The standard InChI is InChI=1S/C9H10NO/c11-9-3-1-2-7-4-5-10-6-8(7)9/h1-3,5,10-11H,4,6H2. The van der Waals surface area contributed by atoms with Gasteiger partial charge in [-0.2, -0.15) is 0 Å². The molecule has 0 spiro atoms. The van der Waals surface area contributed by atoms with Gasteiger partial charge in [-0.25, -0.2) is 0 Å². The van der Waals surface area contributed by atoms with Gasteiger partial charge in [0.25, 0.3) is 0 Å². The highest BCUT2D eigenvalue weighted by Gasteiger charge is 2.10. The van der Waals surface area contributed by atoms with Crippen LogP contribution in [0.5, 0.6) is 5.75 Å². The molecule has 0 bridgehead atoms. The average molecular weight is 148 g/mol. The highest BCUT2D eigenvalue weighted by molar-refractivity contribution is 5.41. The van der Waals surface area contributed by atoms with E-state index in [0.717, 1.165) is 18.5 Å². The zero-order valence-electron chi connectivity index (χ0n) is 6.17. The number of phenolic OH excluding ortho intramolecular Hbond substituents is 1. The quantitative estimate of drug-likeness (QED) is 0.579. The summed E-state index contributed by atoms with van der Waals surface area (Å²) < 4.78 is 0. The summed E-state index contributed by atoms with van der Waals surface area (Å²) in [6.45, 7) is 2.77. The summed E-state index contributed by atoms with van der Waals surface area (Å²) in [6.07, 6.45) is 0.906. The van der Waals surface area contributed by atoms with E-state index in [1.807, 2.05) is 18.7 Å². The van der Waals surface area contributed by atoms with Gasteiger partial charge in [0.1, 0.15) is 5.75 Å². The number of fused-ring (bicyclic) bond motifs is 1. The van der Waals surface area contributed by atoms with Crippen molar-refractivity contribution in [1.29, 1.82) is 0 Å². The van der Waals surface area contributed by atoms with Crippen LogP contribution in [0.3, 0.4) is 0 Å². The second-order valence-corrected chi connectivity index (χ2v) is 2.70. The van der Waals surface area contributed by atoms with E-state index in [2.05, 4.69) is 5.32 Å². The van der Waals surface area contributed by atoms with Gasteiger partial charge in [0.15, 0.2) is 0 Å². The van der Waals surface area contributed by atoms with Gasteiger partial charge in [-0.15, -0.1) is 0 Å². The van der Waals surface area contributed by atoms with Crippen molar-refractivity contribution >= 4 is 0 Å². The molecule has 2 N–H and O–H groups in total. The van der Waals surface area contributed by atoms with Crippen LogP contribution in [0.15, 0.2) is 18.2 Å². The minimum absolute atomic E-state index is 0.406. The molecule has 1 aromatic rings. The molecule has 0 aromatic heterocycles. The Morgan fingerprint density at radius 1 is 1.36 bits per heavy atom. The number of nitrogens with one attached hydrogen (secondary N) is 1. The van der Waals surface area contributed by atoms with Crippen molar-refractivity contribution in [3.05, 3.63) is 35.9 Å². The van der Waals surface area contributed by atoms with Gasteiger partial charge in [-0.05, 0) is 18.1 Å². The molecule has 0 saturated carbocycles. The molecule has 11 heavy (non-hydrogen) atoms. The largest absolute Gasteiger partial charge is 0.508 e. The molecule has 1 aromatic carbocycles. The Balaban J connectivity index is 2.49. The van der Waals surface area contributed by atoms with Crippen molar-refractivity contribution in [1.82, 2.24) is 5.32 Å². The van der Waals surface area contributed by atoms with Crippen molar-refractivity contribution in [2.75, 3.05) is 0 Å². The van der Waals surface area contributed by atoms with Crippen molar-refractivity contribution in [3.8, 4) is 5.75 Å². The summed E-state index contributed by atoms with van der Waals surface area (Å²) in [5.41, 5.74) is 2.26. The molecule has 2 rings (SSSR count). The second kappa shape index (κ2) is 2.55. The van der Waals surface area contributed by atoms with Crippen LogP contribution in [-0.2, 0) is 13.0 Å². The van der Waals surface area contributed by atoms with Crippen LogP contribution in [-0.4, -0.2) is 5.11 Å². The molecule has 0 fully saturated rings. The Hall–Kier alpha value is -1.02. The Morgan fingerprint density at radius 2 is 2.27 bits per heavy atom. The molecular weight excluding hydrogens is 138 g/mol. The van der Waals surface area contributed by atoms with Gasteiger partial charge in [-0.3, -0.25) is 0 Å². The number of rotatable bonds is 0. The maximum atomic E-state index is 9.40. The highest BCUT2D eigenvalue weighted by Crippen LogP contribution is 2.23. The van der Waals surface area contributed by atoms with E-state index in [4.69, 9.17) is 0 Å². The second-order valence-electron chi connectivity index (χ2n) is 2.70. The monoisotopic (exact) mass is 148 g/mol. The fraction of sp³-hybridized carbons (Fsp3) is 0.222. The third kappa shape index (κ3) is 1.10. The molecule has 2 heteroatoms. The first-order valence-electron chi connectivity index (χ1n) is 3.73. The van der Waals surface area contributed by atoms with Crippen LogP contribution in [0.1, 0.15) is 11.1 Å². The molecule has 1 aliphatic rings. The maximum absolute atomic E-state index is 9.40. The Morgan fingerprint density at radius 3 is 3.09 bits per heavy atom. The van der Waals surface area contributed by atoms with Crippen LogP contribution < -0.4 is 5.32 Å². The van der Waals surface area contributed by atoms with Gasteiger partial charge in [0.05, 0.1) is 0 Å². The van der Waals surface area contributed by atoms with E-state index >= 15 is 0 Å². The van der Waals surface area contributed by atoms with Gasteiger partial charge < -0.3 is 10.4 Å². The summed E-state index contributed by atoms with van der Waals surface area (Å²) in [5, 5.41) is 12.5. The molecule has 1 heterocycles. The number of hydrogen-bond acceptors (Lipinski definition) is 2. The SMILES string of the molecule is Oc1cccc2c1CN[CH]C2. The molecule has 0 atom stereocenters. The van der Waals surface area contributed by atoms with Crippen LogP contribution >= 0.6 is 0 Å². The first kappa shape index (κ1) is 6.68. The number of benzene rings is 1. The van der Waals surface area contributed by atoms with E-state index in [1.54, 1.807) is 6.07 Å². The molecule has 1 aliphatic heterocycles. The lowest BCUT2D eigenvalue weighted by molar-refractivity contribution is 0.462. The summed E-state index contributed by atoms with van der Waals surface area (Å²) in [5.74, 6) is 0.406. The van der Waals surface area contributed by atoms with Gasteiger partial charge >= 0.3 is 0 Å². The van der Waals surface area contributed by atoms with Crippen LogP contribution in [0.4, 0.5) is 0 Å². The maximum Gasteiger partial charge on any atom is 0.120 e. The van der Waals surface area contributed by atoms with Crippen LogP contribution in [0.25, 0.3) is 0 Å². The molecule has 0 aliphatic carbocycles. The molecule has 57 valence electrons. The summed E-state index contributed by atoms with van der Waals surface area (Å²) in [4.78, 5) is 0. The minimum atomic E-state index is 0.406. The van der Waals surface area contributed by atoms with Gasteiger partial charge in [0.2, 0.25) is 0 Å². The zero-order chi connectivity index (χ0) is 7.68. The molecule has 0 unspecified atom stereocenters. The Bertz CT molecular complexity index is 270. The summed E-state index contributed by atoms with van der Waals surface area (Å²) in [6, 6.07) is 5.66. The topological polar surface area (TPSA) is 32.3 Å².